The first kappa shape index (κ1) is 17.0. The van der Waals surface area contributed by atoms with Gasteiger partial charge in [0.15, 0.2) is 0 Å². The normalized spacial score (nSPS) is 12.0. The second-order valence-corrected chi connectivity index (χ2v) is 5.33. The second-order valence-electron chi connectivity index (χ2n) is 4.11. The molecule has 0 fully saturated rings. The fourth-order valence-electron chi connectivity index (χ4n) is 1.55. The van der Waals surface area contributed by atoms with Crippen LogP contribution < -0.4 is 5.32 Å². The highest BCUT2D eigenvalue weighted by Gasteiger charge is 2.20. The summed E-state index contributed by atoms with van der Waals surface area (Å²) in [5.74, 6) is -0.492. The van der Waals surface area contributed by atoms with Crippen molar-refractivity contribution in [3.8, 4) is 0 Å². The summed E-state index contributed by atoms with van der Waals surface area (Å²) in [6.07, 6.45) is 1.92. The van der Waals surface area contributed by atoms with Crippen molar-refractivity contribution >= 4 is 40.4 Å². The van der Waals surface area contributed by atoms with Gasteiger partial charge in [0.1, 0.15) is 6.04 Å². The lowest BCUT2D eigenvalue weighted by molar-refractivity contribution is -0.146. The summed E-state index contributed by atoms with van der Waals surface area (Å²) in [7, 11) is 0. The van der Waals surface area contributed by atoms with Crippen molar-refractivity contribution in [3.05, 3.63) is 16.4 Å². The number of rotatable bonds is 7. The Labute approximate surface area is 131 Å². The van der Waals surface area contributed by atoms with E-state index in [0.29, 0.717) is 6.54 Å². The molecule has 0 saturated carbocycles. The number of carbonyl (C=O) groups excluding carboxylic acids is 2. The van der Waals surface area contributed by atoms with Crippen LogP contribution >= 0.6 is 28.6 Å². The minimum Gasteiger partial charge on any atom is -0.464 e. The number of nitrogens with zero attached hydrogens (tertiary/aromatic N) is 2. The first-order valence-electron chi connectivity index (χ1n) is 6.24. The van der Waals surface area contributed by atoms with E-state index in [2.05, 4.69) is 39.0 Å². The highest BCUT2D eigenvalue weighted by Crippen LogP contribution is 2.14. The summed E-state index contributed by atoms with van der Waals surface area (Å²) in [6.45, 7) is 4.35. The summed E-state index contributed by atoms with van der Waals surface area (Å²) < 4.78 is 7.48. The number of aromatic nitrogens is 2. The molecule has 0 aliphatic rings. The predicted molar refractivity (Wildman–Crippen MR) is 81.7 cm³/mol. The number of hydrogen-bond donors (Lipinski definition) is 2. The van der Waals surface area contributed by atoms with E-state index in [-0.39, 0.29) is 24.7 Å². The maximum atomic E-state index is 11.8. The average molecular weight is 364 g/mol. The molecule has 0 saturated heterocycles. The fraction of sp³-hybridized carbons (Fsp3) is 0.583. The van der Waals surface area contributed by atoms with Crippen LogP contribution in [0.25, 0.3) is 0 Å². The lowest BCUT2D eigenvalue weighted by Crippen LogP contribution is -2.43. The van der Waals surface area contributed by atoms with Crippen molar-refractivity contribution in [3.63, 3.8) is 0 Å². The molecule has 1 heterocycles. The zero-order chi connectivity index (χ0) is 15.1. The highest BCUT2D eigenvalue weighted by molar-refractivity contribution is 9.10. The minimum atomic E-state index is -0.712. The third kappa shape index (κ3) is 4.82. The van der Waals surface area contributed by atoms with E-state index >= 15 is 0 Å². The van der Waals surface area contributed by atoms with E-state index in [9.17, 15) is 9.59 Å². The van der Waals surface area contributed by atoms with Crippen LogP contribution in [0.1, 0.15) is 19.0 Å². The van der Waals surface area contributed by atoms with Crippen LogP contribution in [0.4, 0.5) is 0 Å². The molecule has 1 N–H and O–H groups in total. The van der Waals surface area contributed by atoms with Crippen molar-refractivity contribution in [2.24, 2.45) is 0 Å². The molecular formula is C12H18BrN3O3S. The fourth-order valence-corrected chi connectivity index (χ4v) is 2.08. The molecule has 0 aliphatic carbocycles. The smallest absolute Gasteiger partial charge is 0.329 e. The zero-order valence-corrected chi connectivity index (χ0v) is 13.9. The van der Waals surface area contributed by atoms with Crippen LogP contribution in [0, 0.1) is 6.92 Å². The van der Waals surface area contributed by atoms with Gasteiger partial charge in [-0.15, -0.1) is 0 Å². The van der Waals surface area contributed by atoms with Crippen LogP contribution in [0.2, 0.25) is 0 Å². The molecule has 112 valence electrons. The van der Waals surface area contributed by atoms with Crippen LogP contribution in [0.3, 0.4) is 0 Å². The number of halogens is 1. The largest absolute Gasteiger partial charge is 0.464 e. The number of esters is 1. The highest BCUT2D eigenvalue weighted by atomic mass is 79.9. The summed E-state index contributed by atoms with van der Waals surface area (Å²) in [5, 5.41) is 6.74. The van der Waals surface area contributed by atoms with E-state index in [1.54, 1.807) is 17.8 Å². The van der Waals surface area contributed by atoms with Gasteiger partial charge in [0.05, 0.1) is 17.3 Å². The summed E-state index contributed by atoms with van der Waals surface area (Å²) in [5.41, 5.74) is 0.953. The van der Waals surface area contributed by atoms with Gasteiger partial charge in [-0.2, -0.15) is 17.7 Å². The Balaban J connectivity index is 2.46. The molecular weight excluding hydrogens is 346 g/mol. The number of aryl methyl sites for hydroxylation is 1. The number of thiol groups is 1. The molecule has 1 atom stereocenters. The van der Waals surface area contributed by atoms with Gasteiger partial charge >= 0.3 is 5.97 Å². The molecule has 8 heteroatoms. The van der Waals surface area contributed by atoms with Crippen LogP contribution in [-0.2, 0) is 20.9 Å². The van der Waals surface area contributed by atoms with Crippen molar-refractivity contribution in [1.29, 1.82) is 0 Å². The van der Waals surface area contributed by atoms with Crippen molar-refractivity contribution in [2.75, 3.05) is 12.4 Å². The van der Waals surface area contributed by atoms with E-state index in [1.165, 1.54) is 0 Å². The number of amides is 1. The summed E-state index contributed by atoms with van der Waals surface area (Å²) in [4.78, 5) is 23.3. The van der Waals surface area contributed by atoms with Crippen LogP contribution in [0.15, 0.2) is 10.7 Å². The molecule has 0 spiro atoms. The van der Waals surface area contributed by atoms with Crippen molar-refractivity contribution in [2.45, 2.75) is 32.9 Å². The van der Waals surface area contributed by atoms with Crippen LogP contribution in [-0.4, -0.2) is 40.1 Å². The topological polar surface area (TPSA) is 73.2 Å². The summed E-state index contributed by atoms with van der Waals surface area (Å²) in [6, 6.07) is -0.712. The molecule has 1 aromatic rings. The van der Waals surface area contributed by atoms with Crippen molar-refractivity contribution < 1.29 is 14.3 Å². The molecule has 1 amide bonds. The zero-order valence-electron chi connectivity index (χ0n) is 11.4. The maximum absolute atomic E-state index is 11.8. The summed E-state index contributed by atoms with van der Waals surface area (Å²) >= 11 is 7.40. The van der Waals surface area contributed by atoms with Crippen molar-refractivity contribution in [1.82, 2.24) is 15.1 Å². The predicted octanol–water partition coefficient (Wildman–Crippen LogP) is 1.32. The first-order valence-corrected chi connectivity index (χ1v) is 7.66. The van der Waals surface area contributed by atoms with Gasteiger partial charge in [0.2, 0.25) is 5.91 Å². The maximum Gasteiger partial charge on any atom is 0.329 e. The van der Waals surface area contributed by atoms with Crippen LogP contribution in [0.5, 0.6) is 0 Å². The Morgan fingerprint density at radius 3 is 2.80 bits per heavy atom. The molecule has 0 radical (unpaired) electrons. The number of nitrogens with one attached hydrogen (secondary N) is 1. The second kappa shape index (κ2) is 8.31. The molecule has 20 heavy (non-hydrogen) atoms. The number of ether oxygens (including phenoxy) is 1. The molecule has 0 unspecified atom stereocenters. The van der Waals surface area contributed by atoms with E-state index < -0.39 is 12.0 Å². The van der Waals surface area contributed by atoms with Gasteiger partial charge in [-0.05, 0) is 29.8 Å². The van der Waals surface area contributed by atoms with E-state index in [4.69, 9.17) is 4.74 Å². The third-order valence-corrected chi connectivity index (χ3v) is 3.83. The van der Waals surface area contributed by atoms with E-state index in [0.717, 1.165) is 10.2 Å². The Morgan fingerprint density at radius 2 is 2.30 bits per heavy atom. The van der Waals surface area contributed by atoms with Gasteiger partial charge in [0.25, 0.3) is 0 Å². The molecule has 0 aliphatic heterocycles. The Kier molecular flexibility index (Phi) is 7.08. The lowest BCUT2D eigenvalue weighted by atomic mass is 10.3. The minimum absolute atomic E-state index is 0.205. The number of hydrogen-bond acceptors (Lipinski definition) is 5. The van der Waals surface area contributed by atoms with Gasteiger partial charge in [-0.25, -0.2) is 4.79 Å². The third-order valence-electron chi connectivity index (χ3n) is 2.68. The molecule has 1 aromatic heterocycles. The monoisotopic (exact) mass is 363 g/mol. The molecule has 1 rings (SSSR count). The lowest BCUT2D eigenvalue weighted by Gasteiger charge is -2.15. The first-order chi connectivity index (χ1) is 9.49. The average Bonchev–Trinajstić information content (AvgIpc) is 2.74. The van der Waals surface area contributed by atoms with Gasteiger partial charge in [0, 0.05) is 24.4 Å². The quantitative estimate of drug-likeness (QED) is 0.566. The Bertz CT molecular complexity index is 479. The van der Waals surface area contributed by atoms with Gasteiger partial charge in [-0.3, -0.25) is 9.48 Å². The SMILES string of the molecule is CCOC(=O)[C@H](CS)NC(=O)CCn1ncc(Br)c1C. The molecule has 0 aromatic carbocycles. The number of carbonyl (C=O) groups is 2. The Hall–Kier alpha value is -1.02. The van der Waals surface area contributed by atoms with Gasteiger partial charge in [-0.1, -0.05) is 0 Å². The van der Waals surface area contributed by atoms with Gasteiger partial charge < -0.3 is 10.1 Å². The standard InChI is InChI=1S/C12H18BrN3O3S/c1-3-19-12(18)10(7-20)15-11(17)4-5-16-8(2)9(13)6-14-16/h6,10,20H,3-5,7H2,1-2H3,(H,15,17)/t10-/m0/s1. The Morgan fingerprint density at radius 1 is 1.60 bits per heavy atom. The molecule has 6 nitrogen and oxygen atoms in total. The molecule has 0 bridgehead atoms. The van der Waals surface area contributed by atoms with E-state index in [1.807, 2.05) is 6.92 Å².